The van der Waals surface area contributed by atoms with Crippen molar-refractivity contribution < 1.29 is 28.8 Å². The van der Waals surface area contributed by atoms with E-state index in [0.717, 1.165) is 7.11 Å². The van der Waals surface area contributed by atoms with Crippen molar-refractivity contribution in [2.75, 3.05) is 19.0 Å². The number of nitrogens with zero attached hydrogens (tertiary/aromatic N) is 2. The highest BCUT2D eigenvalue weighted by Gasteiger charge is 2.33. The molecule has 14 heteroatoms. The Labute approximate surface area is 195 Å². The normalized spacial score (nSPS) is 11.5. The predicted molar refractivity (Wildman–Crippen MR) is 122 cm³/mol. The summed E-state index contributed by atoms with van der Waals surface area (Å²) in [6, 6.07) is 4.11. The number of rotatable bonds is 12. The van der Waals surface area contributed by atoms with E-state index in [4.69, 9.17) is 11.5 Å². The van der Waals surface area contributed by atoms with Crippen LogP contribution in [0.3, 0.4) is 0 Å². The van der Waals surface area contributed by atoms with Crippen molar-refractivity contribution in [3.8, 4) is 0 Å². The van der Waals surface area contributed by atoms with Crippen LogP contribution in [-0.4, -0.2) is 59.8 Å². The first-order chi connectivity index (χ1) is 15.9. The number of benzene rings is 1. The molecule has 0 spiro atoms. The average Bonchev–Trinajstić information content (AvgIpc) is 2.75. The molecule has 1 rings (SSSR count). The maximum Gasteiger partial charge on any atom is 0.315 e. The molecule has 1 atom stereocenters. The topological polar surface area (TPSA) is 221 Å². The molecule has 0 saturated carbocycles. The molecule has 186 valence electrons. The van der Waals surface area contributed by atoms with E-state index in [1.807, 2.05) is 0 Å². The highest BCUT2D eigenvalue weighted by molar-refractivity contribution is 6.01. The first kappa shape index (κ1) is 27.8. The van der Waals surface area contributed by atoms with Crippen LogP contribution in [0, 0.1) is 10.1 Å². The minimum absolute atomic E-state index is 0.120. The number of carbonyl (C=O) groups excluding carboxylic acids is 4. The van der Waals surface area contributed by atoms with Gasteiger partial charge in [0.05, 0.1) is 12.0 Å². The van der Waals surface area contributed by atoms with Gasteiger partial charge < -0.3 is 32.2 Å². The highest BCUT2D eigenvalue weighted by atomic mass is 16.6. The molecule has 0 bridgehead atoms. The summed E-state index contributed by atoms with van der Waals surface area (Å²) in [6.07, 6.45) is -0.0883. The Hall–Kier alpha value is -4.23. The predicted octanol–water partition coefficient (Wildman–Crippen LogP) is -0.470. The number of hydrogen-bond acceptors (Lipinski definition) is 8. The van der Waals surface area contributed by atoms with Gasteiger partial charge >= 0.3 is 5.97 Å². The molecule has 0 saturated heterocycles. The van der Waals surface area contributed by atoms with Crippen LogP contribution in [-0.2, 0) is 23.9 Å². The molecule has 0 aliphatic heterocycles. The van der Waals surface area contributed by atoms with Gasteiger partial charge in [-0.3, -0.25) is 34.3 Å². The van der Waals surface area contributed by atoms with Crippen LogP contribution in [0.4, 0.5) is 11.4 Å². The number of hydrogen-bond donors (Lipinski definition) is 5. The molecule has 0 radical (unpaired) electrons. The van der Waals surface area contributed by atoms with E-state index in [9.17, 15) is 29.3 Å². The summed E-state index contributed by atoms with van der Waals surface area (Å²) in [7, 11) is 1.13. The van der Waals surface area contributed by atoms with Crippen molar-refractivity contribution in [1.29, 1.82) is 0 Å². The fraction of sp³-hybridized carbons (Fsp3) is 0.450. The zero-order valence-corrected chi connectivity index (χ0v) is 19.1. The largest absolute Gasteiger partial charge is 0.469 e. The first-order valence-corrected chi connectivity index (χ1v) is 10.1. The van der Waals surface area contributed by atoms with Gasteiger partial charge in [-0.1, -0.05) is 0 Å². The third-order valence-electron chi connectivity index (χ3n) is 4.46. The van der Waals surface area contributed by atoms with Gasteiger partial charge in [0.1, 0.15) is 18.0 Å². The zero-order chi connectivity index (χ0) is 25.9. The van der Waals surface area contributed by atoms with Crippen molar-refractivity contribution in [2.24, 2.45) is 16.5 Å². The molecular formula is C20H29N7O7. The van der Waals surface area contributed by atoms with Crippen molar-refractivity contribution >= 4 is 41.0 Å². The summed E-state index contributed by atoms with van der Waals surface area (Å²) in [5, 5.41) is 18.3. The van der Waals surface area contributed by atoms with Gasteiger partial charge in [0, 0.05) is 24.4 Å². The van der Waals surface area contributed by atoms with Crippen LogP contribution in [0.1, 0.15) is 33.1 Å². The van der Waals surface area contributed by atoms with Gasteiger partial charge in [-0.2, -0.15) is 0 Å². The molecule has 1 aromatic carbocycles. The Kier molecular flexibility index (Phi) is 10.4. The number of amides is 3. The molecule has 0 unspecified atom stereocenters. The van der Waals surface area contributed by atoms with E-state index >= 15 is 0 Å². The number of nitro benzene ring substituents is 1. The van der Waals surface area contributed by atoms with Crippen LogP contribution in [0.15, 0.2) is 29.3 Å². The summed E-state index contributed by atoms with van der Waals surface area (Å²) in [5.41, 5.74) is 9.25. The van der Waals surface area contributed by atoms with E-state index in [1.54, 1.807) is 0 Å². The minimum atomic E-state index is -1.46. The molecule has 3 amide bonds. The third-order valence-corrected chi connectivity index (χ3v) is 4.46. The number of ether oxygens (including phenoxy) is 1. The molecular weight excluding hydrogens is 450 g/mol. The van der Waals surface area contributed by atoms with Crippen LogP contribution < -0.4 is 27.4 Å². The lowest BCUT2D eigenvalue weighted by atomic mass is 10.0. The van der Waals surface area contributed by atoms with Gasteiger partial charge in [-0.05, 0) is 38.8 Å². The van der Waals surface area contributed by atoms with Crippen LogP contribution in [0.5, 0.6) is 0 Å². The minimum Gasteiger partial charge on any atom is -0.469 e. The Morgan fingerprint density at radius 2 is 1.79 bits per heavy atom. The number of aliphatic imine (C=N–C) groups is 1. The van der Waals surface area contributed by atoms with E-state index in [1.165, 1.54) is 38.1 Å². The Balaban J connectivity index is 2.92. The van der Waals surface area contributed by atoms with Gasteiger partial charge in [0.15, 0.2) is 5.96 Å². The van der Waals surface area contributed by atoms with Gasteiger partial charge in [0.2, 0.25) is 17.7 Å². The van der Waals surface area contributed by atoms with E-state index in [-0.39, 0.29) is 30.3 Å². The fourth-order valence-corrected chi connectivity index (χ4v) is 2.66. The summed E-state index contributed by atoms with van der Waals surface area (Å²) < 4.78 is 4.42. The van der Waals surface area contributed by atoms with Gasteiger partial charge in [0.25, 0.3) is 5.69 Å². The fourth-order valence-electron chi connectivity index (χ4n) is 2.66. The Morgan fingerprint density at radius 1 is 1.18 bits per heavy atom. The summed E-state index contributed by atoms with van der Waals surface area (Å²) in [5.74, 6) is -2.90. The zero-order valence-electron chi connectivity index (χ0n) is 19.1. The molecule has 0 aromatic heterocycles. The maximum atomic E-state index is 12.8. The number of carbonyl (C=O) groups is 4. The smallest absolute Gasteiger partial charge is 0.315 e. The van der Waals surface area contributed by atoms with E-state index < -0.39 is 46.6 Å². The number of anilines is 1. The second-order valence-electron chi connectivity index (χ2n) is 7.69. The standard InChI is InChI=1S/C20H29N7O7/c1-20(2,26-15(28)11-16(29)34-3)18(31)25-14(5-4-10-23-19(21)22)17(30)24-12-6-8-13(9-7-12)27(32)33/h6-9,14H,4-5,10-11H2,1-3H3,(H,24,30)(H,25,31)(H,26,28)(H4,21,22,23)/t14-/m0/s1. The Bertz CT molecular complexity index is 941. The van der Waals surface area contributed by atoms with Crippen LogP contribution >= 0.6 is 0 Å². The number of guanidine groups is 1. The Morgan fingerprint density at radius 3 is 2.32 bits per heavy atom. The number of esters is 1. The van der Waals surface area contributed by atoms with E-state index in [0.29, 0.717) is 6.42 Å². The second-order valence-corrected chi connectivity index (χ2v) is 7.69. The molecule has 0 aliphatic rings. The summed E-state index contributed by atoms with van der Waals surface area (Å²) in [4.78, 5) is 63.0. The molecule has 14 nitrogen and oxygen atoms in total. The van der Waals surface area contributed by atoms with Crippen molar-refractivity contribution in [2.45, 2.75) is 44.7 Å². The lowest BCUT2D eigenvalue weighted by Gasteiger charge is -2.28. The molecule has 0 aliphatic carbocycles. The van der Waals surface area contributed by atoms with Gasteiger partial charge in [-0.25, -0.2) is 0 Å². The van der Waals surface area contributed by atoms with Crippen molar-refractivity contribution in [3.63, 3.8) is 0 Å². The molecule has 7 N–H and O–H groups in total. The quantitative estimate of drug-likeness (QED) is 0.0496. The number of nitrogens with one attached hydrogen (secondary N) is 3. The SMILES string of the molecule is COC(=O)CC(=O)NC(C)(C)C(=O)N[C@@H](CCCN=C(N)N)C(=O)Nc1ccc([N+](=O)[O-])cc1. The maximum absolute atomic E-state index is 12.8. The summed E-state index contributed by atoms with van der Waals surface area (Å²) >= 11 is 0. The number of non-ortho nitro benzene ring substituents is 1. The van der Waals surface area contributed by atoms with Crippen molar-refractivity contribution in [3.05, 3.63) is 34.4 Å². The molecule has 34 heavy (non-hydrogen) atoms. The number of nitrogens with two attached hydrogens (primary N) is 2. The molecule has 1 aromatic rings. The lowest BCUT2D eigenvalue weighted by molar-refractivity contribution is -0.384. The van der Waals surface area contributed by atoms with Crippen LogP contribution in [0.2, 0.25) is 0 Å². The highest BCUT2D eigenvalue weighted by Crippen LogP contribution is 2.16. The van der Waals surface area contributed by atoms with Crippen LogP contribution in [0.25, 0.3) is 0 Å². The molecule has 0 fully saturated rings. The lowest BCUT2D eigenvalue weighted by Crippen LogP contribution is -2.58. The number of nitro groups is 1. The summed E-state index contributed by atoms with van der Waals surface area (Å²) in [6.45, 7) is 3.02. The number of methoxy groups -OCH3 is 1. The molecule has 0 heterocycles. The monoisotopic (exact) mass is 479 g/mol. The second kappa shape index (κ2) is 12.7. The van der Waals surface area contributed by atoms with Crippen molar-refractivity contribution in [1.82, 2.24) is 10.6 Å². The average molecular weight is 479 g/mol. The first-order valence-electron chi connectivity index (χ1n) is 10.1. The third kappa shape index (κ3) is 9.50. The van der Waals surface area contributed by atoms with E-state index in [2.05, 4.69) is 25.7 Å². The van der Waals surface area contributed by atoms with Gasteiger partial charge in [-0.15, -0.1) is 0 Å².